The Balaban J connectivity index is 2.68. The average Bonchev–Trinajstić information content (AvgIpc) is 2.29. The van der Waals surface area contributed by atoms with Crippen molar-refractivity contribution in [3.8, 4) is 11.8 Å². The average molecular weight is 289 g/mol. The molecule has 0 aliphatic carbocycles. The van der Waals surface area contributed by atoms with Gasteiger partial charge in [-0.25, -0.2) is 0 Å². The Morgan fingerprint density at radius 3 is 2.76 bits per heavy atom. The van der Waals surface area contributed by atoms with Crippen LogP contribution in [0.2, 0.25) is 0 Å². The number of hydrogen-bond donors (Lipinski definition) is 0. The van der Waals surface area contributed by atoms with Crippen molar-refractivity contribution in [1.29, 1.82) is 5.26 Å². The van der Waals surface area contributed by atoms with Gasteiger partial charge in [0.25, 0.3) is 0 Å². The van der Waals surface area contributed by atoms with Crippen molar-refractivity contribution in [2.45, 2.75) is 6.92 Å². The van der Waals surface area contributed by atoms with E-state index < -0.39 is 0 Å². The van der Waals surface area contributed by atoms with E-state index in [0.29, 0.717) is 0 Å². The fourth-order valence-electron chi connectivity index (χ4n) is 1.62. The molecule has 0 fully saturated rings. The molecule has 0 bridgehead atoms. The van der Waals surface area contributed by atoms with E-state index in [9.17, 15) is 4.79 Å². The normalized spacial score (nSPS) is 9.94. The monoisotopic (exact) mass is 288 g/mol. The first-order valence-corrected chi connectivity index (χ1v) is 5.80. The van der Waals surface area contributed by atoms with Crippen LogP contribution in [-0.2, 0) is 0 Å². The molecule has 3 nitrogen and oxygen atoms in total. The zero-order chi connectivity index (χ0) is 12.4. The summed E-state index contributed by atoms with van der Waals surface area (Å²) < 4.78 is 2.77. The molecular weight excluding hydrogens is 280 g/mol. The fraction of sp³-hybridized carbons (Fsp3) is 0.0769. The number of aryl methyl sites for hydroxylation is 1. The molecule has 0 saturated carbocycles. The lowest BCUT2D eigenvalue weighted by atomic mass is 10.2. The summed E-state index contributed by atoms with van der Waals surface area (Å²) >= 11 is 3.39. The maximum absolute atomic E-state index is 11.5. The van der Waals surface area contributed by atoms with Crippen LogP contribution in [0.1, 0.15) is 11.3 Å². The second kappa shape index (κ2) is 4.56. The highest BCUT2D eigenvalue weighted by atomic mass is 79.9. The summed E-state index contributed by atoms with van der Waals surface area (Å²) in [5, 5.41) is 8.86. The van der Waals surface area contributed by atoms with Crippen LogP contribution in [0.3, 0.4) is 0 Å². The molecule has 1 aromatic heterocycles. The van der Waals surface area contributed by atoms with Gasteiger partial charge in [-0.1, -0.05) is 22.0 Å². The fourth-order valence-corrected chi connectivity index (χ4v) is 2.01. The number of benzene rings is 1. The first-order valence-electron chi connectivity index (χ1n) is 5.01. The predicted octanol–water partition coefficient (Wildman–Crippen LogP) is 2.78. The summed E-state index contributed by atoms with van der Waals surface area (Å²) in [5.41, 5.74) is 1.62. The van der Waals surface area contributed by atoms with Gasteiger partial charge in [-0.15, -0.1) is 0 Å². The maximum Gasteiger partial charge on any atom is 0.199 e. The Hall–Kier alpha value is -1.86. The largest absolute Gasteiger partial charge is 0.320 e. The van der Waals surface area contributed by atoms with Crippen LogP contribution in [0.25, 0.3) is 5.69 Å². The van der Waals surface area contributed by atoms with Crippen LogP contribution in [-0.4, -0.2) is 4.57 Å². The third-order valence-corrected chi connectivity index (χ3v) is 2.94. The Morgan fingerprint density at radius 2 is 2.12 bits per heavy atom. The SMILES string of the molecule is Cc1cc(=O)c(C#N)cn1-c1cccc(Br)c1. The number of halogens is 1. The lowest BCUT2D eigenvalue weighted by molar-refractivity contribution is 0.967. The Labute approximate surface area is 107 Å². The van der Waals surface area contributed by atoms with Gasteiger partial charge in [0.1, 0.15) is 11.6 Å². The van der Waals surface area contributed by atoms with Gasteiger partial charge in [-0.05, 0) is 25.1 Å². The van der Waals surface area contributed by atoms with Gasteiger partial charge >= 0.3 is 0 Å². The number of aromatic nitrogens is 1. The molecule has 0 atom stereocenters. The molecule has 0 N–H and O–H groups in total. The van der Waals surface area contributed by atoms with E-state index >= 15 is 0 Å². The predicted molar refractivity (Wildman–Crippen MR) is 69.2 cm³/mol. The summed E-state index contributed by atoms with van der Waals surface area (Å²) in [6, 6.07) is 11.1. The minimum absolute atomic E-state index is 0.149. The van der Waals surface area contributed by atoms with Crippen molar-refractivity contribution >= 4 is 15.9 Å². The van der Waals surface area contributed by atoms with E-state index in [0.717, 1.165) is 15.9 Å². The molecule has 0 radical (unpaired) electrons. The van der Waals surface area contributed by atoms with Gasteiger partial charge < -0.3 is 4.57 Å². The van der Waals surface area contributed by atoms with Crippen molar-refractivity contribution in [3.63, 3.8) is 0 Å². The van der Waals surface area contributed by atoms with Crippen molar-refractivity contribution in [1.82, 2.24) is 4.57 Å². The minimum atomic E-state index is -0.240. The van der Waals surface area contributed by atoms with Crippen LogP contribution in [0.4, 0.5) is 0 Å². The van der Waals surface area contributed by atoms with Crippen molar-refractivity contribution in [2.24, 2.45) is 0 Å². The van der Waals surface area contributed by atoms with Crippen molar-refractivity contribution in [3.05, 3.63) is 62.5 Å². The standard InChI is InChI=1S/C13H9BrN2O/c1-9-5-13(17)10(7-15)8-16(9)12-4-2-3-11(14)6-12/h2-6,8H,1H3. The highest BCUT2D eigenvalue weighted by molar-refractivity contribution is 9.10. The minimum Gasteiger partial charge on any atom is -0.320 e. The highest BCUT2D eigenvalue weighted by Gasteiger charge is 2.05. The molecule has 17 heavy (non-hydrogen) atoms. The van der Waals surface area contributed by atoms with Gasteiger partial charge in [0.15, 0.2) is 5.43 Å². The van der Waals surface area contributed by atoms with Crippen LogP contribution in [0.5, 0.6) is 0 Å². The third-order valence-electron chi connectivity index (χ3n) is 2.45. The zero-order valence-corrected chi connectivity index (χ0v) is 10.7. The lowest BCUT2D eigenvalue weighted by Crippen LogP contribution is -2.11. The van der Waals surface area contributed by atoms with Gasteiger partial charge in [-0.2, -0.15) is 5.26 Å². The van der Waals surface area contributed by atoms with E-state index in [1.165, 1.54) is 6.07 Å². The van der Waals surface area contributed by atoms with E-state index in [-0.39, 0.29) is 11.0 Å². The van der Waals surface area contributed by atoms with Crippen LogP contribution >= 0.6 is 15.9 Å². The molecule has 2 rings (SSSR count). The van der Waals surface area contributed by atoms with Gasteiger partial charge in [0, 0.05) is 28.1 Å². The maximum atomic E-state index is 11.5. The lowest BCUT2D eigenvalue weighted by Gasteiger charge is -2.11. The second-order valence-electron chi connectivity index (χ2n) is 3.65. The molecule has 4 heteroatoms. The molecular formula is C13H9BrN2O. The van der Waals surface area contributed by atoms with Crippen LogP contribution in [0, 0.1) is 18.3 Å². The molecule has 0 aliphatic heterocycles. The van der Waals surface area contributed by atoms with Crippen LogP contribution < -0.4 is 5.43 Å². The molecule has 0 spiro atoms. The summed E-state index contributed by atoms with van der Waals surface area (Å²) in [4.78, 5) is 11.5. The Kier molecular flexibility index (Phi) is 3.12. The number of hydrogen-bond acceptors (Lipinski definition) is 2. The third kappa shape index (κ3) is 2.29. The van der Waals surface area contributed by atoms with E-state index in [1.807, 2.05) is 41.8 Å². The molecule has 0 aliphatic rings. The first kappa shape index (κ1) is 11.6. The summed E-state index contributed by atoms with van der Waals surface area (Å²) in [6.45, 7) is 1.84. The Bertz CT molecular complexity index is 668. The molecule has 2 aromatic rings. The second-order valence-corrected chi connectivity index (χ2v) is 4.57. The van der Waals surface area contributed by atoms with Crippen molar-refractivity contribution in [2.75, 3.05) is 0 Å². The highest BCUT2D eigenvalue weighted by Crippen LogP contribution is 2.16. The number of nitriles is 1. The van der Waals surface area contributed by atoms with E-state index in [2.05, 4.69) is 15.9 Å². The Morgan fingerprint density at radius 1 is 1.35 bits per heavy atom. The number of rotatable bonds is 1. The molecule has 1 aromatic carbocycles. The number of nitrogens with zero attached hydrogens (tertiary/aromatic N) is 2. The molecule has 0 unspecified atom stereocenters. The summed E-state index contributed by atoms with van der Waals surface area (Å²) in [7, 11) is 0. The molecule has 0 amide bonds. The topological polar surface area (TPSA) is 45.8 Å². The summed E-state index contributed by atoms with van der Waals surface area (Å²) in [5.74, 6) is 0. The van der Waals surface area contributed by atoms with Gasteiger partial charge in [-0.3, -0.25) is 4.79 Å². The molecule has 84 valence electrons. The quantitative estimate of drug-likeness (QED) is 0.810. The van der Waals surface area contributed by atoms with Gasteiger partial charge in [0.05, 0.1) is 0 Å². The van der Waals surface area contributed by atoms with Gasteiger partial charge in [0.2, 0.25) is 0 Å². The molecule has 1 heterocycles. The molecule has 0 saturated heterocycles. The van der Waals surface area contributed by atoms with E-state index in [4.69, 9.17) is 5.26 Å². The van der Waals surface area contributed by atoms with E-state index in [1.54, 1.807) is 6.20 Å². The zero-order valence-electron chi connectivity index (χ0n) is 9.14. The first-order chi connectivity index (χ1) is 8.11. The summed E-state index contributed by atoms with van der Waals surface area (Å²) in [6.07, 6.45) is 1.57. The number of pyridine rings is 1. The smallest absolute Gasteiger partial charge is 0.199 e. The van der Waals surface area contributed by atoms with Crippen LogP contribution in [0.15, 0.2) is 45.8 Å². The van der Waals surface area contributed by atoms with Crippen molar-refractivity contribution < 1.29 is 0 Å².